The quantitative estimate of drug-likeness (QED) is 0.343. The Kier molecular flexibility index (Phi) is 7.72. The molecule has 1 amide bonds. The fraction of sp³-hybridized carbons (Fsp3) is 0.391. The number of ether oxygens (including phenoxy) is 2. The third-order valence-electron chi connectivity index (χ3n) is 5.61. The Balaban J connectivity index is 1.59. The number of carbonyl (C=O) groups is 1. The van der Waals surface area contributed by atoms with E-state index >= 15 is 0 Å². The predicted molar refractivity (Wildman–Crippen MR) is 129 cm³/mol. The van der Waals surface area contributed by atoms with Crippen LogP contribution in [0.4, 0.5) is 5.69 Å². The van der Waals surface area contributed by atoms with Crippen LogP contribution in [0.3, 0.4) is 0 Å². The van der Waals surface area contributed by atoms with Gasteiger partial charge in [-0.3, -0.25) is 9.36 Å². The van der Waals surface area contributed by atoms with Gasteiger partial charge in [-0.15, -0.1) is 10.2 Å². The highest BCUT2D eigenvalue weighted by Gasteiger charge is 2.25. The lowest BCUT2D eigenvalue weighted by Crippen LogP contribution is -2.17. The van der Waals surface area contributed by atoms with Crippen LogP contribution in [0.5, 0.6) is 11.5 Å². The number of rotatable bonds is 8. The summed E-state index contributed by atoms with van der Waals surface area (Å²) < 4.78 is 13.0. The molecule has 8 nitrogen and oxygen atoms in total. The molecule has 174 valence electrons. The van der Waals surface area contributed by atoms with Gasteiger partial charge in [0.05, 0.1) is 25.7 Å². The number of halogens is 1. The maximum atomic E-state index is 12.6. The summed E-state index contributed by atoms with van der Waals surface area (Å²) in [6.45, 7) is 0. The molecule has 1 aliphatic rings. The predicted octanol–water partition coefficient (Wildman–Crippen LogP) is 5.25. The topological polar surface area (TPSA) is 91.2 Å². The molecule has 3 aromatic rings. The number of methoxy groups -OCH3 is 2. The first kappa shape index (κ1) is 23.4. The van der Waals surface area contributed by atoms with Crippen molar-refractivity contribution in [3.8, 4) is 22.9 Å². The van der Waals surface area contributed by atoms with Crippen molar-refractivity contribution in [2.75, 3.05) is 25.3 Å². The molecule has 0 saturated heterocycles. The van der Waals surface area contributed by atoms with Gasteiger partial charge in [-0.25, -0.2) is 4.98 Å². The van der Waals surface area contributed by atoms with E-state index < -0.39 is 0 Å². The Morgan fingerprint density at radius 3 is 2.67 bits per heavy atom. The highest BCUT2D eigenvalue weighted by Crippen LogP contribution is 2.38. The number of pyridine rings is 1. The van der Waals surface area contributed by atoms with Crippen molar-refractivity contribution in [1.82, 2.24) is 19.7 Å². The van der Waals surface area contributed by atoms with Gasteiger partial charge in [0.1, 0.15) is 0 Å². The molecule has 1 saturated carbocycles. The van der Waals surface area contributed by atoms with E-state index in [0.29, 0.717) is 17.2 Å². The van der Waals surface area contributed by atoms with Crippen LogP contribution in [0, 0.1) is 0 Å². The minimum atomic E-state index is -0.180. The standard InChI is InChI=1S/C23H26ClN5O3S/c1-31-18-11-10-15(13-19(18)32-2)22-27-28-23(29(22)16-7-4-3-5-8-16)33-14-20(30)26-17-9-6-12-25-21(17)24/h6,9-13,16H,3-5,7-8,14H2,1-2H3,(H,26,30). The van der Waals surface area contributed by atoms with Crippen molar-refractivity contribution in [2.45, 2.75) is 43.3 Å². The summed E-state index contributed by atoms with van der Waals surface area (Å²) in [5, 5.41) is 12.7. The third kappa shape index (κ3) is 5.42. The Hall–Kier alpha value is -2.78. The molecule has 2 aromatic heterocycles. The first-order chi connectivity index (χ1) is 16.1. The lowest BCUT2D eigenvalue weighted by Gasteiger charge is -2.25. The average molecular weight is 488 g/mol. The van der Waals surface area contributed by atoms with Crippen LogP contribution >= 0.6 is 23.4 Å². The second-order valence-electron chi connectivity index (χ2n) is 7.72. The Bertz CT molecular complexity index is 1120. The van der Waals surface area contributed by atoms with Crippen molar-refractivity contribution in [3.05, 3.63) is 41.7 Å². The summed E-state index contributed by atoms with van der Waals surface area (Å²) in [7, 11) is 3.22. The average Bonchev–Trinajstić information content (AvgIpc) is 3.28. The normalized spacial score (nSPS) is 14.2. The zero-order chi connectivity index (χ0) is 23.2. The van der Waals surface area contributed by atoms with Gasteiger partial charge >= 0.3 is 0 Å². The highest BCUT2D eigenvalue weighted by molar-refractivity contribution is 7.99. The smallest absolute Gasteiger partial charge is 0.234 e. The van der Waals surface area contributed by atoms with Crippen LogP contribution in [0.25, 0.3) is 11.4 Å². The zero-order valence-electron chi connectivity index (χ0n) is 18.6. The molecule has 1 aromatic carbocycles. The number of carbonyl (C=O) groups excluding carboxylic acids is 1. The molecule has 0 spiro atoms. The fourth-order valence-electron chi connectivity index (χ4n) is 4.01. The Morgan fingerprint density at radius 2 is 1.94 bits per heavy atom. The molecule has 0 atom stereocenters. The Morgan fingerprint density at radius 1 is 1.15 bits per heavy atom. The van der Waals surface area contributed by atoms with Crippen LogP contribution in [0.1, 0.15) is 38.1 Å². The highest BCUT2D eigenvalue weighted by atomic mass is 35.5. The van der Waals surface area contributed by atoms with Crippen molar-refractivity contribution < 1.29 is 14.3 Å². The molecule has 0 aliphatic heterocycles. The molecule has 1 N–H and O–H groups in total. The van der Waals surface area contributed by atoms with Crippen molar-refractivity contribution >= 4 is 35.0 Å². The van der Waals surface area contributed by atoms with Crippen molar-refractivity contribution in [3.63, 3.8) is 0 Å². The summed E-state index contributed by atoms with van der Waals surface area (Å²) in [5.41, 5.74) is 1.38. The van der Waals surface area contributed by atoms with Gasteiger partial charge in [0.15, 0.2) is 27.6 Å². The van der Waals surface area contributed by atoms with Gasteiger partial charge in [-0.05, 0) is 43.2 Å². The lowest BCUT2D eigenvalue weighted by molar-refractivity contribution is -0.113. The molecule has 4 rings (SSSR count). The summed E-state index contributed by atoms with van der Waals surface area (Å²) in [6, 6.07) is 9.47. The molecule has 0 radical (unpaired) electrons. The largest absolute Gasteiger partial charge is 0.493 e. The molecular weight excluding hydrogens is 462 g/mol. The van der Waals surface area contributed by atoms with E-state index in [1.807, 2.05) is 18.2 Å². The summed E-state index contributed by atoms with van der Waals surface area (Å²) in [6.07, 6.45) is 7.26. The number of hydrogen-bond acceptors (Lipinski definition) is 7. The van der Waals surface area contributed by atoms with E-state index in [1.54, 1.807) is 32.5 Å². The van der Waals surface area contributed by atoms with E-state index in [1.165, 1.54) is 18.2 Å². The van der Waals surface area contributed by atoms with E-state index in [-0.39, 0.29) is 22.9 Å². The molecule has 1 aliphatic carbocycles. The molecule has 0 bridgehead atoms. The third-order valence-corrected chi connectivity index (χ3v) is 6.86. The number of benzene rings is 1. The number of amides is 1. The van der Waals surface area contributed by atoms with Crippen LogP contribution in [0.2, 0.25) is 5.15 Å². The Labute approximate surface area is 202 Å². The van der Waals surface area contributed by atoms with Gasteiger partial charge < -0.3 is 14.8 Å². The number of thioether (sulfide) groups is 1. The second-order valence-corrected chi connectivity index (χ2v) is 9.02. The number of nitrogens with one attached hydrogen (secondary N) is 1. The fourth-order valence-corrected chi connectivity index (χ4v) is 4.98. The van der Waals surface area contributed by atoms with E-state index in [9.17, 15) is 4.79 Å². The minimum absolute atomic E-state index is 0.180. The molecule has 2 heterocycles. The summed E-state index contributed by atoms with van der Waals surface area (Å²) in [5.74, 6) is 2.06. The van der Waals surface area contributed by atoms with Crippen LogP contribution < -0.4 is 14.8 Å². The van der Waals surface area contributed by atoms with E-state index in [4.69, 9.17) is 21.1 Å². The molecule has 33 heavy (non-hydrogen) atoms. The van der Waals surface area contributed by atoms with Crippen LogP contribution in [-0.2, 0) is 4.79 Å². The van der Waals surface area contributed by atoms with Crippen LogP contribution in [0.15, 0.2) is 41.7 Å². The summed E-state index contributed by atoms with van der Waals surface area (Å²) in [4.78, 5) is 16.5. The van der Waals surface area contributed by atoms with Gasteiger partial charge in [0, 0.05) is 17.8 Å². The minimum Gasteiger partial charge on any atom is -0.493 e. The van der Waals surface area contributed by atoms with Crippen LogP contribution in [-0.4, -0.2) is 45.6 Å². The van der Waals surface area contributed by atoms with Crippen molar-refractivity contribution in [2.24, 2.45) is 0 Å². The molecule has 1 fully saturated rings. The maximum Gasteiger partial charge on any atom is 0.234 e. The van der Waals surface area contributed by atoms with E-state index in [0.717, 1.165) is 42.2 Å². The van der Waals surface area contributed by atoms with Gasteiger partial charge in [-0.2, -0.15) is 0 Å². The summed E-state index contributed by atoms with van der Waals surface area (Å²) >= 11 is 7.42. The molecule has 0 unspecified atom stereocenters. The number of anilines is 1. The number of aromatic nitrogens is 4. The number of hydrogen-bond donors (Lipinski definition) is 1. The first-order valence-electron chi connectivity index (χ1n) is 10.8. The molecular formula is C23H26ClN5O3S. The van der Waals surface area contributed by atoms with Gasteiger partial charge in [-0.1, -0.05) is 42.6 Å². The van der Waals surface area contributed by atoms with Gasteiger partial charge in [0.2, 0.25) is 5.91 Å². The maximum absolute atomic E-state index is 12.6. The van der Waals surface area contributed by atoms with E-state index in [2.05, 4.69) is 25.1 Å². The monoisotopic (exact) mass is 487 g/mol. The lowest BCUT2D eigenvalue weighted by atomic mass is 9.95. The van der Waals surface area contributed by atoms with Gasteiger partial charge in [0.25, 0.3) is 0 Å². The second kappa shape index (κ2) is 10.9. The van der Waals surface area contributed by atoms with Crippen molar-refractivity contribution in [1.29, 1.82) is 0 Å². The SMILES string of the molecule is COc1ccc(-c2nnc(SCC(=O)Nc3cccnc3Cl)n2C2CCCCC2)cc1OC. The molecule has 10 heteroatoms. The first-order valence-corrected chi connectivity index (χ1v) is 12.2. The number of nitrogens with zero attached hydrogens (tertiary/aromatic N) is 4. The zero-order valence-corrected chi connectivity index (χ0v) is 20.2.